The number of carboxylic acids is 1. The summed E-state index contributed by atoms with van der Waals surface area (Å²) in [5.74, 6) is -11.3. The maximum Gasteiger partial charge on any atom is 0.327 e. The number of aliphatic carboxylic acids is 1. The maximum atomic E-state index is 14.1. The van der Waals surface area contributed by atoms with E-state index >= 15 is 0 Å². The van der Waals surface area contributed by atoms with Crippen molar-refractivity contribution >= 4 is 89.6 Å². The summed E-state index contributed by atoms with van der Waals surface area (Å²) in [5, 5.41) is 42.3. The van der Waals surface area contributed by atoms with Crippen LogP contribution in [0.3, 0.4) is 0 Å². The fourth-order valence-electron chi connectivity index (χ4n) is 7.30. The van der Waals surface area contributed by atoms with Gasteiger partial charge in [0.25, 0.3) is 0 Å². The number of aliphatic hydroxyl groups is 1. The molecule has 0 bridgehead atoms. The Morgan fingerprint density at radius 2 is 0.886 bits per heavy atom. The lowest BCUT2D eigenvalue weighted by atomic mass is 10.0. The summed E-state index contributed by atoms with van der Waals surface area (Å²) in [6, 6.07) is -12.2. The van der Waals surface area contributed by atoms with Crippen molar-refractivity contribution in [2.24, 2.45) is 62.0 Å². The normalized spacial score (nSPS) is 14.8. The van der Waals surface area contributed by atoms with Crippen LogP contribution in [0.25, 0.3) is 0 Å². The Labute approximate surface area is 465 Å². The molecule has 10 amide bonds. The van der Waals surface area contributed by atoms with Crippen LogP contribution >= 0.6 is 12.6 Å². The van der Waals surface area contributed by atoms with Gasteiger partial charge in [0.2, 0.25) is 59.1 Å². The van der Waals surface area contributed by atoms with E-state index in [1.54, 1.807) is 13.8 Å². The molecular weight excluding hydrogens is 1060 g/mol. The number of aliphatic hydroxyl groups excluding tert-OH is 1. The van der Waals surface area contributed by atoms with Gasteiger partial charge in [-0.3, -0.25) is 57.9 Å². The number of aliphatic imine (C=N–C) groups is 2. The van der Waals surface area contributed by atoms with Gasteiger partial charge >= 0.3 is 5.97 Å². The molecule has 0 aliphatic heterocycles. The Hall–Kier alpha value is -7.06. The number of thiol groups is 1. The number of carbonyl (C=O) groups is 11. The number of carboxylic acid groups (broad SMARTS) is 1. The molecule has 0 aromatic heterocycles. The minimum absolute atomic E-state index is 0.000676. The first-order valence-electron chi connectivity index (χ1n) is 26.0. The first kappa shape index (κ1) is 71.9. The second-order valence-corrected chi connectivity index (χ2v) is 20.1. The summed E-state index contributed by atoms with van der Waals surface area (Å²) in [5.41, 5.74) is 38.7. The predicted molar refractivity (Wildman–Crippen MR) is 295 cm³/mol. The standard InChI is InChI=1S/C47H88N18O13S/c1-23(2)19-31(62-37(69)25(5)49)42(74)60-28(11-7-8-16-48)39(71)59-29(13-10-18-56-47(53)54)40(72)61-30(14-15-34(50)67)38(70)57-21-35(68)58-27(12-9-17-55-46(51)52)41(73)65-36(26(6)66)44(76)63-32(20-24(3)4)43(75)64-33(22-79)45(77)78/h23-33,36,66,79H,7-22,48-49H2,1-6H3,(H2,50,67)(H,57,70)(H,58,68)(H,59,71)(H,60,74)(H,61,72)(H,62,69)(H,63,76)(H,64,75)(H,65,73)(H,77,78)(H4,51,52,55)(H4,53,54,56)/t25-,26+,27-,28-,29-,30-,31-,32-,33-,36-/m0/s1. The molecule has 32 heteroatoms. The Morgan fingerprint density at radius 3 is 1.28 bits per heavy atom. The molecule has 31 nitrogen and oxygen atoms in total. The fourth-order valence-corrected chi connectivity index (χ4v) is 7.55. The average Bonchev–Trinajstić information content (AvgIpc) is 3.35. The van der Waals surface area contributed by atoms with E-state index in [-0.39, 0.29) is 94.1 Å². The molecule has 0 spiro atoms. The molecule has 0 rings (SSSR count). The van der Waals surface area contributed by atoms with Crippen molar-refractivity contribution in [3.63, 3.8) is 0 Å². The number of hydrogen-bond acceptors (Lipinski definition) is 17. The van der Waals surface area contributed by atoms with Crippen molar-refractivity contribution in [2.45, 2.75) is 173 Å². The number of nitrogens with zero attached hydrogens (tertiary/aromatic N) is 2. The quantitative estimate of drug-likeness (QED) is 0.0117. The highest BCUT2D eigenvalue weighted by molar-refractivity contribution is 7.80. The maximum absolute atomic E-state index is 14.1. The third-order valence-corrected chi connectivity index (χ3v) is 11.8. The van der Waals surface area contributed by atoms with Gasteiger partial charge < -0.3 is 98.2 Å². The summed E-state index contributed by atoms with van der Waals surface area (Å²) in [7, 11) is 0. The molecule has 0 aliphatic rings. The van der Waals surface area contributed by atoms with Crippen molar-refractivity contribution in [3.05, 3.63) is 0 Å². The molecule has 0 radical (unpaired) electrons. The van der Waals surface area contributed by atoms with E-state index in [1.807, 2.05) is 13.8 Å². The molecular formula is C47H88N18O13S. The number of guanidine groups is 2. The van der Waals surface area contributed by atoms with Crippen molar-refractivity contribution in [2.75, 3.05) is 31.9 Å². The van der Waals surface area contributed by atoms with Crippen LogP contribution in [0.1, 0.15) is 112 Å². The number of unbranched alkanes of at least 4 members (excludes halogenated alkanes) is 1. The van der Waals surface area contributed by atoms with Crippen LogP contribution in [0.2, 0.25) is 0 Å². The van der Waals surface area contributed by atoms with Crippen LogP contribution in [0.4, 0.5) is 0 Å². The number of primary amides is 1. The lowest BCUT2D eigenvalue weighted by Gasteiger charge is -2.28. The van der Waals surface area contributed by atoms with Gasteiger partial charge in [0.15, 0.2) is 11.9 Å². The zero-order valence-corrected chi connectivity index (χ0v) is 46.9. The zero-order chi connectivity index (χ0) is 60.5. The predicted octanol–water partition coefficient (Wildman–Crippen LogP) is -6.68. The highest BCUT2D eigenvalue weighted by Gasteiger charge is 2.35. The summed E-state index contributed by atoms with van der Waals surface area (Å²) < 4.78 is 0. The zero-order valence-electron chi connectivity index (χ0n) is 46.0. The first-order valence-corrected chi connectivity index (χ1v) is 26.6. The molecule has 0 aliphatic carbocycles. The lowest BCUT2D eigenvalue weighted by molar-refractivity contribution is -0.142. The Bertz CT molecular complexity index is 2090. The van der Waals surface area contributed by atoms with Gasteiger partial charge in [0.1, 0.15) is 48.3 Å². The highest BCUT2D eigenvalue weighted by atomic mass is 32.1. The Morgan fingerprint density at radius 1 is 0.494 bits per heavy atom. The van der Waals surface area contributed by atoms with E-state index in [1.165, 1.54) is 13.8 Å². The molecule has 450 valence electrons. The molecule has 0 aromatic rings. The number of nitrogens with two attached hydrogens (primary N) is 7. The minimum Gasteiger partial charge on any atom is -0.480 e. The van der Waals surface area contributed by atoms with E-state index in [0.29, 0.717) is 12.8 Å². The third kappa shape index (κ3) is 31.2. The number of carbonyl (C=O) groups excluding carboxylic acids is 10. The van der Waals surface area contributed by atoms with E-state index in [0.717, 1.165) is 0 Å². The van der Waals surface area contributed by atoms with Crippen LogP contribution in [0, 0.1) is 11.8 Å². The lowest BCUT2D eigenvalue weighted by Crippen LogP contribution is -2.61. The Kier molecular flexibility index (Phi) is 35.1. The number of nitrogens with one attached hydrogen (secondary N) is 9. The molecule has 0 fully saturated rings. The SMILES string of the molecule is CC(C)C[C@H](NC(=O)[C@H](C)N)C(=O)N[C@@H](CCCCN)C(=O)N[C@@H](CCCN=C(N)N)C(=O)N[C@@H](CCC(N)=O)C(=O)NCC(=O)N[C@@H](CCCN=C(N)N)C(=O)N[C@H](C(=O)N[C@@H](CC(C)C)C(=O)N[C@@H](CS)C(=O)O)[C@@H](C)O. The molecule has 25 N–H and O–H groups in total. The van der Waals surface area contributed by atoms with E-state index in [4.69, 9.17) is 40.1 Å². The van der Waals surface area contributed by atoms with Gasteiger partial charge in [0, 0.05) is 25.3 Å². The topological polar surface area (TPSA) is 543 Å². The molecule has 10 atom stereocenters. The van der Waals surface area contributed by atoms with Crippen LogP contribution in [-0.4, -0.2) is 180 Å². The molecule has 0 unspecified atom stereocenters. The molecule has 0 heterocycles. The van der Waals surface area contributed by atoms with Crippen LogP contribution in [0.15, 0.2) is 9.98 Å². The van der Waals surface area contributed by atoms with Crippen molar-refractivity contribution in [3.8, 4) is 0 Å². The first-order chi connectivity index (χ1) is 36.9. The molecule has 0 saturated carbocycles. The molecule has 0 aromatic carbocycles. The van der Waals surface area contributed by atoms with Gasteiger partial charge in [0.05, 0.1) is 18.7 Å². The van der Waals surface area contributed by atoms with E-state index in [2.05, 4.69) is 70.5 Å². The summed E-state index contributed by atoms with van der Waals surface area (Å²) in [6.45, 7) is 9.11. The molecule has 79 heavy (non-hydrogen) atoms. The van der Waals surface area contributed by atoms with Crippen molar-refractivity contribution in [1.82, 2.24) is 47.9 Å². The smallest absolute Gasteiger partial charge is 0.327 e. The summed E-state index contributed by atoms with van der Waals surface area (Å²) >= 11 is 3.94. The van der Waals surface area contributed by atoms with Gasteiger partial charge in [-0.2, -0.15) is 12.6 Å². The number of hydrogen-bond donors (Lipinski definition) is 19. The Balaban J connectivity index is 6.71. The van der Waals surface area contributed by atoms with Crippen LogP contribution in [0.5, 0.6) is 0 Å². The average molecular weight is 1150 g/mol. The fraction of sp³-hybridized carbons (Fsp3) is 0.723. The van der Waals surface area contributed by atoms with Gasteiger partial charge in [-0.25, -0.2) is 4.79 Å². The molecule has 0 saturated heterocycles. The van der Waals surface area contributed by atoms with E-state index < -0.39 is 145 Å². The minimum atomic E-state index is -1.73. The van der Waals surface area contributed by atoms with Gasteiger partial charge in [-0.1, -0.05) is 27.7 Å². The number of amides is 10. The number of rotatable bonds is 40. The monoisotopic (exact) mass is 1140 g/mol. The van der Waals surface area contributed by atoms with Crippen molar-refractivity contribution in [1.29, 1.82) is 0 Å². The summed E-state index contributed by atoms with van der Waals surface area (Å²) in [6.07, 6.45) is -1.50. The second-order valence-electron chi connectivity index (χ2n) is 19.7. The van der Waals surface area contributed by atoms with Gasteiger partial charge in [-0.05, 0) is 96.4 Å². The van der Waals surface area contributed by atoms with Crippen molar-refractivity contribution < 1.29 is 63.0 Å². The largest absolute Gasteiger partial charge is 0.480 e. The van der Waals surface area contributed by atoms with E-state index in [9.17, 15) is 63.0 Å². The second kappa shape index (κ2) is 38.5. The highest BCUT2D eigenvalue weighted by Crippen LogP contribution is 2.12. The van der Waals surface area contributed by atoms with Crippen LogP contribution < -0.4 is 88.0 Å². The summed E-state index contributed by atoms with van der Waals surface area (Å²) in [4.78, 5) is 153. The van der Waals surface area contributed by atoms with Crippen LogP contribution in [-0.2, 0) is 52.7 Å². The van der Waals surface area contributed by atoms with Gasteiger partial charge in [-0.15, -0.1) is 0 Å². The third-order valence-electron chi connectivity index (χ3n) is 11.4.